The monoisotopic (exact) mass is 351 g/mol. The minimum atomic E-state index is -0.379. The average Bonchev–Trinajstić information content (AvgIpc) is 2.56. The summed E-state index contributed by atoms with van der Waals surface area (Å²) in [6, 6.07) is 12.7. The van der Waals surface area contributed by atoms with E-state index in [0.29, 0.717) is 23.1 Å². The molecule has 0 atom stereocenters. The highest BCUT2D eigenvalue weighted by Gasteiger charge is 2.18. The summed E-state index contributed by atoms with van der Waals surface area (Å²) in [5.41, 5.74) is 4.07. The predicted octanol–water partition coefficient (Wildman–Crippen LogP) is 5.61. The third-order valence-electron chi connectivity index (χ3n) is 4.05. The van der Waals surface area contributed by atoms with Gasteiger partial charge in [-0.25, -0.2) is 0 Å². The molecule has 0 saturated heterocycles. The molecule has 1 N–H and O–H groups in total. The largest absolute Gasteiger partial charge is 0.349 e. The zero-order valence-corrected chi connectivity index (χ0v) is 15.7. The second-order valence-corrected chi connectivity index (χ2v) is 7.38. The van der Waals surface area contributed by atoms with Gasteiger partial charge in [-0.2, -0.15) is 5.26 Å². The lowest BCUT2D eigenvalue weighted by Gasteiger charge is -2.20. The molecule has 0 heterocycles. The molecular weight excluding hydrogens is 326 g/mol. The molecule has 0 aliphatic rings. The van der Waals surface area contributed by atoms with E-state index in [9.17, 15) is 15.4 Å². The first-order chi connectivity index (χ1) is 12.3. The molecule has 0 radical (unpaired) electrons. The van der Waals surface area contributed by atoms with E-state index in [4.69, 9.17) is 0 Å². The van der Waals surface area contributed by atoms with Crippen LogP contribution in [0.2, 0.25) is 0 Å². The molecule has 0 aliphatic heterocycles. The van der Waals surface area contributed by atoms with Crippen LogP contribution in [0.5, 0.6) is 0 Å². The maximum Gasteiger partial charge on any atom is 0.292 e. The number of nitrogens with one attached hydrogen (secondary N) is 1. The zero-order chi connectivity index (χ0) is 19.3. The summed E-state index contributed by atoms with van der Waals surface area (Å²) in [6.07, 6.45) is 1.59. The van der Waals surface area contributed by atoms with Gasteiger partial charge in [0.25, 0.3) is 5.69 Å². The number of nitro benzene ring substituents is 1. The van der Waals surface area contributed by atoms with Crippen LogP contribution in [0.4, 0.5) is 17.1 Å². The van der Waals surface area contributed by atoms with Crippen molar-refractivity contribution in [3.63, 3.8) is 0 Å². The van der Waals surface area contributed by atoms with Crippen molar-refractivity contribution < 1.29 is 4.92 Å². The van der Waals surface area contributed by atoms with Crippen molar-refractivity contribution >= 4 is 17.1 Å². The van der Waals surface area contributed by atoms with E-state index in [-0.39, 0.29) is 10.6 Å². The van der Waals surface area contributed by atoms with Crippen LogP contribution in [0.3, 0.4) is 0 Å². The lowest BCUT2D eigenvalue weighted by atomic mass is 9.92. The Hall–Kier alpha value is -2.87. The number of hydrogen-bond donors (Lipinski definition) is 1. The number of nitriles is 1. The van der Waals surface area contributed by atoms with Gasteiger partial charge in [-0.3, -0.25) is 10.1 Å². The van der Waals surface area contributed by atoms with Gasteiger partial charge >= 0.3 is 0 Å². The topological polar surface area (TPSA) is 79.0 Å². The van der Waals surface area contributed by atoms with Crippen molar-refractivity contribution in [3.05, 3.63) is 63.2 Å². The van der Waals surface area contributed by atoms with Gasteiger partial charge in [-0.1, -0.05) is 39.8 Å². The first kappa shape index (κ1) is 19.5. The standard InChI is InChI=1S/C21H25N3O2/c1-14(2)9-17-11-16(13-22)12-18(10-15(3)4)21(17)23-19-7-5-6-8-20(19)24(25)26/h5-8,11-12,14-15,23H,9-10H2,1-4H3. The highest BCUT2D eigenvalue weighted by Crippen LogP contribution is 2.34. The lowest BCUT2D eigenvalue weighted by Crippen LogP contribution is -2.08. The van der Waals surface area contributed by atoms with Crippen LogP contribution in [0.15, 0.2) is 36.4 Å². The number of rotatable bonds is 7. The molecule has 0 fully saturated rings. The van der Waals surface area contributed by atoms with Crippen molar-refractivity contribution in [2.24, 2.45) is 11.8 Å². The average molecular weight is 351 g/mol. The van der Waals surface area contributed by atoms with E-state index in [1.807, 2.05) is 12.1 Å². The van der Waals surface area contributed by atoms with Crippen molar-refractivity contribution in [2.75, 3.05) is 5.32 Å². The normalized spacial score (nSPS) is 10.8. The number of para-hydroxylation sites is 2. The Morgan fingerprint density at radius 2 is 1.62 bits per heavy atom. The van der Waals surface area contributed by atoms with E-state index < -0.39 is 0 Å². The highest BCUT2D eigenvalue weighted by atomic mass is 16.6. The van der Waals surface area contributed by atoms with Gasteiger partial charge in [-0.05, 0) is 54.0 Å². The van der Waals surface area contributed by atoms with Gasteiger partial charge in [0.1, 0.15) is 5.69 Å². The molecule has 5 nitrogen and oxygen atoms in total. The fourth-order valence-electron chi connectivity index (χ4n) is 3.07. The second kappa shape index (κ2) is 8.48. The molecule has 0 aromatic heterocycles. The van der Waals surface area contributed by atoms with Crippen molar-refractivity contribution in [2.45, 2.75) is 40.5 Å². The number of nitrogens with zero attached hydrogens (tertiary/aromatic N) is 2. The molecule has 0 amide bonds. The fourth-order valence-corrected chi connectivity index (χ4v) is 3.07. The molecule has 2 aromatic rings. The molecule has 136 valence electrons. The number of anilines is 2. The quantitative estimate of drug-likeness (QED) is 0.519. The molecule has 0 unspecified atom stereocenters. The highest BCUT2D eigenvalue weighted by molar-refractivity contribution is 5.74. The minimum Gasteiger partial charge on any atom is -0.349 e. The lowest BCUT2D eigenvalue weighted by molar-refractivity contribution is -0.383. The molecule has 0 aliphatic carbocycles. The molecule has 2 rings (SSSR count). The number of nitro groups is 1. The summed E-state index contributed by atoms with van der Waals surface area (Å²) in [6.45, 7) is 8.48. The van der Waals surface area contributed by atoms with Crippen molar-refractivity contribution in [1.29, 1.82) is 5.26 Å². The summed E-state index contributed by atoms with van der Waals surface area (Å²) in [5.74, 6) is 0.810. The van der Waals surface area contributed by atoms with Gasteiger partial charge in [-0.15, -0.1) is 0 Å². The van der Waals surface area contributed by atoms with Crippen LogP contribution in [0.25, 0.3) is 0 Å². The summed E-state index contributed by atoms with van der Waals surface area (Å²) < 4.78 is 0. The SMILES string of the molecule is CC(C)Cc1cc(C#N)cc(CC(C)C)c1Nc1ccccc1[N+](=O)[O-]. The van der Waals surface area contributed by atoms with Crippen LogP contribution in [-0.2, 0) is 12.8 Å². The number of benzene rings is 2. The predicted molar refractivity (Wildman–Crippen MR) is 105 cm³/mol. The Morgan fingerprint density at radius 3 is 2.08 bits per heavy atom. The molecule has 5 heteroatoms. The van der Waals surface area contributed by atoms with Gasteiger partial charge < -0.3 is 5.32 Å². The second-order valence-electron chi connectivity index (χ2n) is 7.38. The first-order valence-corrected chi connectivity index (χ1v) is 8.88. The molecule has 0 bridgehead atoms. The van der Waals surface area contributed by atoms with Gasteiger partial charge in [0, 0.05) is 11.8 Å². The van der Waals surface area contributed by atoms with E-state index >= 15 is 0 Å². The van der Waals surface area contributed by atoms with Crippen LogP contribution < -0.4 is 5.32 Å². The first-order valence-electron chi connectivity index (χ1n) is 8.88. The van der Waals surface area contributed by atoms with Gasteiger partial charge in [0.05, 0.1) is 16.6 Å². The Balaban J connectivity index is 2.60. The Labute approximate surface area is 154 Å². The Bertz CT molecular complexity index is 804. The Morgan fingerprint density at radius 1 is 1.08 bits per heavy atom. The van der Waals surface area contributed by atoms with Gasteiger partial charge in [0.2, 0.25) is 0 Å². The van der Waals surface area contributed by atoms with Crippen LogP contribution in [0, 0.1) is 33.3 Å². The maximum absolute atomic E-state index is 11.4. The van der Waals surface area contributed by atoms with E-state index in [0.717, 1.165) is 29.7 Å². The fraction of sp³-hybridized carbons (Fsp3) is 0.381. The third kappa shape index (κ3) is 4.82. The van der Waals surface area contributed by atoms with Gasteiger partial charge in [0.15, 0.2) is 0 Å². The molecular formula is C21H25N3O2. The third-order valence-corrected chi connectivity index (χ3v) is 4.05. The minimum absolute atomic E-state index is 0.0443. The molecule has 26 heavy (non-hydrogen) atoms. The summed E-state index contributed by atoms with van der Waals surface area (Å²) in [7, 11) is 0. The molecule has 2 aromatic carbocycles. The van der Waals surface area contributed by atoms with Crippen LogP contribution in [-0.4, -0.2) is 4.92 Å². The molecule has 0 saturated carbocycles. The summed E-state index contributed by atoms with van der Waals surface area (Å²) >= 11 is 0. The molecule has 0 spiro atoms. The van der Waals surface area contributed by atoms with E-state index in [2.05, 4.69) is 39.1 Å². The van der Waals surface area contributed by atoms with Crippen LogP contribution >= 0.6 is 0 Å². The van der Waals surface area contributed by atoms with E-state index in [1.165, 1.54) is 6.07 Å². The van der Waals surface area contributed by atoms with E-state index in [1.54, 1.807) is 18.2 Å². The number of hydrogen-bond acceptors (Lipinski definition) is 4. The summed E-state index contributed by atoms with van der Waals surface area (Å²) in [5, 5.41) is 24.1. The maximum atomic E-state index is 11.4. The summed E-state index contributed by atoms with van der Waals surface area (Å²) in [4.78, 5) is 11.0. The van der Waals surface area contributed by atoms with Crippen molar-refractivity contribution in [1.82, 2.24) is 0 Å². The zero-order valence-electron chi connectivity index (χ0n) is 15.7. The smallest absolute Gasteiger partial charge is 0.292 e. The van der Waals surface area contributed by atoms with Crippen LogP contribution in [0.1, 0.15) is 44.4 Å². The van der Waals surface area contributed by atoms with Crippen molar-refractivity contribution in [3.8, 4) is 6.07 Å². The Kier molecular flexibility index (Phi) is 6.35.